The van der Waals surface area contributed by atoms with Gasteiger partial charge in [-0.25, -0.2) is 9.97 Å². The number of halogens is 3. The maximum Gasteiger partial charge on any atom is 0.573 e. The van der Waals surface area contributed by atoms with Gasteiger partial charge in [0.15, 0.2) is 5.65 Å². The van der Waals surface area contributed by atoms with E-state index in [0.717, 1.165) is 11.3 Å². The van der Waals surface area contributed by atoms with Crippen molar-refractivity contribution in [3.8, 4) is 5.75 Å². The molecule has 3 aromatic heterocycles. The van der Waals surface area contributed by atoms with Crippen molar-refractivity contribution in [3.05, 3.63) is 119 Å². The van der Waals surface area contributed by atoms with Crippen LogP contribution >= 0.6 is 0 Å². The highest BCUT2D eigenvalue weighted by Gasteiger charge is 2.31. The van der Waals surface area contributed by atoms with E-state index in [-0.39, 0.29) is 42.2 Å². The molecule has 49 heavy (non-hydrogen) atoms. The van der Waals surface area contributed by atoms with E-state index in [4.69, 9.17) is 0 Å². The number of nitrogens with zero attached hydrogens (tertiary/aromatic N) is 5. The quantitative estimate of drug-likeness (QED) is 0.107. The van der Waals surface area contributed by atoms with Crippen LogP contribution in [0.15, 0.2) is 96.2 Å². The predicted molar refractivity (Wildman–Crippen MR) is 181 cm³/mol. The molecular formula is C36H45F3N5O5+. The minimum absolute atomic E-state index is 0.0434. The molecule has 0 saturated carbocycles. The Bertz CT molecular complexity index is 1710. The fourth-order valence-corrected chi connectivity index (χ4v) is 4.61. The molecule has 0 saturated heterocycles. The summed E-state index contributed by atoms with van der Waals surface area (Å²) in [7, 11) is 3.27. The van der Waals surface area contributed by atoms with Crippen LogP contribution in [0.5, 0.6) is 5.75 Å². The average molecular weight is 685 g/mol. The number of aromatic nitrogens is 4. The van der Waals surface area contributed by atoms with Crippen LogP contribution < -0.4 is 15.0 Å². The minimum Gasteiger partial charge on any atom is -0.406 e. The lowest BCUT2D eigenvalue weighted by Gasteiger charge is -2.31. The Morgan fingerprint density at radius 2 is 1.71 bits per heavy atom. The maximum absolute atomic E-state index is 13.6. The average Bonchev–Trinajstić information content (AvgIpc) is 3.08. The third-order valence-corrected chi connectivity index (χ3v) is 7.04. The first-order valence-corrected chi connectivity index (χ1v) is 15.8. The van der Waals surface area contributed by atoms with Crippen LogP contribution in [0.4, 0.5) is 13.2 Å². The third kappa shape index (κ3) is 13.2. The number of carbonyl (C=O) groups excluding carboxylic acids is 1. The standard InChI is InChI=1S/C27H27F3N5O4.C6H10.C3H8O/c1-3-22(25-32-24-21(7-4-14-31-24)26(37)33(25)2)35(17-19-6-5-15-34(38)16-19)23(36)13-10-18-8-11-20(12-9-18)39-27(28,29)30;1-3-5-6-4-2;1-3-4-2/h4-9,11-12,14-16,22,38H,3,10,13,17H2,1-2H3;3-6H,1-2H3;3H2,1-2H3/q+1;;/b;5-3-,6-4-;/t22-;;/m1../s1. The Morgan fingerprint density at radius 3 is 2.27 bits per heavy atom. The van der Waals surface area contributed by atoms with Gasteiger partial charge in [0.25, 0.3) is 5.56 Å². The zero-order valence-electron chi connectivity index (χ0n) is 28.7. The van der Waals surface area contributed by atoms with Gasteiger partial charge in [-0.15, -0.1) is 13.2 Å². The number of alkyl halides is 3. The molecule has 0 aliphatic heterocycles. The molecule has 0 aliphatic rings. The van der Waals surface area contributed by atoms with Gasteiger partial charge in [0.05, 0.1) is 18.0 Å². The molecular weight excluding hydrogens is 639 g/mol. The van der Waals surface area contributed by atoms with Gasteiger partial charge in [-0.1, -0.05) is 43.4 Å². The summed E-state index contributed by atoms with van der Waals surface area (Å²) in [5, 5.41) is 10.2. The van der Waals surface area contributed by atoms with Gasteiger partial charge >= 0.3 is 6.36 Å². The number of methoxy groups -OCH3 is 1. The normalized spacial score (nSPS) is 11.9. The van der Waals surface area contributed by atoms with Crippen LogP contribution in [0.1, 0.15) is 63.5 Å². The largest absolute Gasteiger partial charge is 0.573 e. The van der Waals surface area contributed by atoms with Crippen LogP contribution in [-0.4, -0.2) is 50.6 Å². The lowest BCUT2D eigenvalue weighted by atomic mass is 10.1. The molecule has 0 bridgehead atoms. The Kier molecular flexibility index (Phi) is 16.7. The van der Waals surface area contributed by atoms with Crippen molar-refractivity contribution in [1.29, 1.82) is 0 Å². The fraction of sp³-hybridized carbons (Fsp3) is 0.361. The van der Waals surface area contributed by atoms with E-state index < -0.39 is 12.4 Å². The summed E-state index contributed by atoms with van der Waals surface area (Å²) in [5.74, 6) is -0.242. The highest BCUT2D eigenvalue weighted by Crippen LogP contribution is 2.27. The summed E-state index contributed by atoms with van der Waals surface area (Å²) in [6.45, 7) is 8.77. The van der Waals surface area contributed by atoms with Crippen LogP contribution in [0.2, 0.25) is 0 Å². The second kappa shape index (κ2) is 20.4. The monoisotopic (exact) mass is 684 g/mol. The Morgan fingerprint density at radius 1 is 1.06 bits per heavy atom. The molecule has 1 atom stereocenters. The zero-order valence-corrected chi connectivity index (χ0v) is 28.7. The number of fused-ring (bicyclic) bond motifs is 1. The number of hydrogen-bond donors (Lipinski definition) is 1. The van der Waals surface area contributed by atoms with Gasteiger partial charge in [0, 0.05) is 49.7 Å². The van der Waals surface area contributed by atoms with E-state index in [0.29, 0.717) is 28.8 Å². The van der Waals surface area contributed by atoms with E-state index in [2.05, 4.69) is 19.4 Å². The van der Waals surface area contributed by atoms with Gasteiger partial charge in [-0.3, -0.25) is 19.4 Å². The first kappa shape index (κ1) is 40.1. The van der Waals surface area contributed by atoms with E-state index in [1.54, 1.807) is 43.3 Å². The second-order valence-electron chi connectivity index (χ2n) is 10.6. The van der Waals surface area contributed by atoms with E-state index in [1.807, 2.05) is 52.0 Å². The van der Waals surface area contributed by atoms with Crippen molar-refractivity contribution in [2.45, 2.75) is 65.9 Å². The summed E-state index contributed by atoms with van der Waals surface area (Å²) < 4.78 is 48.1. The number of carbonyl (C=O) groups is 1. The summed E-state index contributed by atoms with van der Waals surface area (Å²) in [6, 6.07) is 11.4. The van der Waals surface area contributed by atoms with Crippen molar-refractivity contribution < 1.29 is 37.4 Å². The van der Waals surface area contributed by atoms with Gasteiger partial charge in [-0.05, 0) is 69.5 Å². The Hall–Kier alpha value is -5.04. The lowest BCUT2D eigenvalue weighted by molar-refractivity contribution is -0.905. The number of aryl methyl sites for hydroxylation is 1. The molecule has 264 valence electrons. The van der Waals surface area contributed by atoms with Gasteiger partial charge in [-0.2, -0.15) is 0 Å². The first-order valence-electron chi connectivity index (χ1n) is 15.8. The molecule has 1 aromatic carbocycles. The summed E-state index contributed by atoms with van der Waals surface area (Å²) in [5.41, 5.74) is 1.28. The number of ether oxygens (including phenoxy) is 2. The van der Waals surface area contributed by atoms with E-state index in [9.17, 15) is 28.0 Å². The van der Waals surface area contributed by atoms with Crippen molar-refractivity contribution in [2.24, 2.45) is 7.05 Å². The van der Waals surface area contributed by atoms with Gasteiger partial charge in [0.2, 0.25) is 18.3 Å². The topological polar surface area (TPSA) is 111 Å². The SMILES string of the molecule is C/C=C\C=C/C.CCOC.CC[C@H](c1nc2ncccc2c(=O)n1C)N(Cc1ccc[n+](O)c1)C(=O)CCc1ccc(OC(F)(F)F)cc1. The molecule has 0 radical (unpaired) electrons. The Labute approximate surface area is 284 Å². The number of pyridine rings is 2. The highest BCUT2D eigenvalue weighted by molar-refractivity contribution is 5.77. The van der Waals surface area contributed by atoms with Gasteiger partial charge in [0.1, 0.15) is 11.6 Å². The van der Waals surface area contributed by atoms with Crippen LogP contribution in [0.25, 0.3) is 11.0 Å². The molecule has 0 fully saturated rings. The van der Waals surface area contributed by atoms with Crippen LogP contribution in [0, 0.1) is 0 Å². The highest BCUT2D eigenvalue weighted by atomic mass is 19.4. The van der Waals surface area contributed by atoms with Gasteiger partial charge < -0.3 is 14.4 Å². The number of benzene rings is 1. The number of allylic oxidation sites excluding steroid dienone is 4. The number of amides is 1. The zero-order chi connectivity index (χ0) is 36.4. The van der Waals surface area contributed by atoms with E-state index in [1.165, 1.54) is 47.4 Å². The Balaban J connectivity index is 0.000000730. The number of rotatable bonds is 11. The predicted octanol–water partition coefficient (Wildman–Crippen LogP) is 6.66. The molecule has 0 unspecified atom stereocenters. The summed E-state index contributed by atoms with van der Waals surface area (Å²) >= 11 is 0. The molecule has 1 amide bonds. The maximum atomic E-state index is 13.6. The summed E-state index contributed by atoms with van der Waals surface area (Å²) in [4.78, 5) is 37.1. The van der Waals surface area contributed by atoms with Crippen LogP contribution in [0.3, 0.4) is 0 Å². The molecule has 1 N–H and O–H groups in total. The molecule has 13 heteroatoms. The summed E-state index contributed by atoms with van der Waals surface area (Å²) in [6.07, 6.45) is 8.40. The van der Waals surface area contributed by atoms with Crippen molar-refractivity contribution in [2.75, 3.05) is 13.7 Å². The third-order valence-electron chi connectivity index (χ3n) is 7.04. The molecule has 3 heterocycles. The molecule has 0 spiro atoms. The van der Waals surface area contributed by atoms with Crippen molar-refractivity contribution in [1.82, 2.24) is 19.4 Å². The minimum atomic E-state index is -4.79. The molecule has 4 rings (SSSR count). The van der Waals surface area contributed by atoms with Crippen molar-refractivity contribution in [3.63, 3.8) is 0 Å². The smallest absolute Gasteiger partial charge is 0.406 e. The first-order chi connectivity index (χ1) is 23.4. The lowest BCUT2D eigenvalue weighted by Crippen LogP contribution is -2.39. The van der Waals surface area contributed by atoms with E-state index >= 15 is 0 Å². The molecule has 4 aromatic rings. The second-order valence-corrected chi connectivity index (χ2v) is 10.6. The molecule has 10 nitrogen and oxygen atoms in total. The van der Waals surface area contributed by atoms with Crippen molar-refractivity contribution >= 4 is 16.9 Å². The fourth-order valence-electron chi connectivity index (χ4n) is 4.61. The van der Waals surface area contributed by atoms with Crippen LogP contribution in [-0.2, 0) is 29.5 Å². The number of hydrogen-bond acceptors (Lipinski definition) is 7. The molecule has 0 aliphatic carbocycles.